The van der Waals surface area contributed by atoms with Crippen LogP contribution in [-0.2, 0) is 4.79 Å². The summed E-state index contributed by atoms with van der Waals surface area (Å²) < 4.78 is 12.5. The Labute approximate surface area is 73.8 Å². The SMILES string of the molecule is O=C(O)/C(F)=C/c1ccccc1O. The Morgan fingerprint density at radius 3 is 2.54 bits per heavy atom. The van der Waals surface area contributed by atoms with E-state index in [1.165, 1.54) is 12.1 Å². The largest absolute Gasteiger partial charge is 0.507 e. The van der Waals surface area contributed by atoms with Gasteiger partial charge < -0.3 is 10.2 Å². The van der Waals surface area contributed by atoms with Gasteiger partial charge in [0.2, 0.25) is 5.83 Å². The number of carboxylic acid groups (broad SMARTS) is 1. The van der Waals surface area contributed by atoms with Gasteiger partial charge in [-0.25, -0.2) is 4.79 Å². The third-order valence-corrected chi connectivity index (χ3v) is 1.42. The third-order valence-electron chi connectivity index (χ3n) is 1.42. The van der Waals surface area contributed by atoms with E-state index >= 15 is 0 Å². The fraction of sp³-hybridized carbons (Fsp3) is 0. The van der Waals surface area contributed by atoms with Crippen LogP contribution < -0.4 is 0 Å². The maximum absolute atomic E-state index is 12.5. The fourth-order valence-electron chi connectivity index (χ4n) is 0.808. The molecule has 13 heavy (non-hydrogen) atoms. The van der Waals surface area contributed by atoms with E-state index in [1.54, 1.807) is 12.1 Å². The molecule has 0 unspecified atom stereocenters. The van der Waals surface area contributed by atoms with Crippen molar-refractivity contribution in [2.24, 2.45) is 0 Å². The van der Waals surface area contributed by atoms with Gasteiger partial charge in [-0.1, -0.05) is 18.2 Å². The van der Waals surface area contributed by atoms with Crippen LogP contribution in [0.3, 0.4) is 0 Å². The second kappa shape index (κ2) is 3.71. The summed E-state index contributed by atoms with van der Waals surface area (Å²) in [5.74, 6) is -3.11. The Kier molecular flexibility index (Phi) is 2.64. The predicted molar refractivity (Wildman–Crippen MR) is 44.8 cm³/mol. The molecule has 0 fully saturated rings. The highest BCUT2D eigenvalue weighted by molar-refractivity contribution is 5.90. The van der Waals surface area contributed by atoms with Crippen LogP contribution in [0.4, 0.5) is 4.39 Å². The zero-order valence-corrected chi connectivity index (χ0v) is 6.57. The summed E-state index contributed by atoms with van der Waals surface area (Å²) in [6.07, 6.45) is 0.762. The Hall–Kier alpha value is -1.84. The van der Waals surface area contributed by atoms with Gasteiger partial charge in [0.05, 0.1) is 0 Å². The summed E-state index contributed by atoms with van der Waals surface area (Å²) in [7, 11) is 0. The first-order valence-corrected chi connectivity index (χ1v) is 3.50. The number of phenols is 1. The molecule has 1 aromatic rings. The Bertz CT molecular complexity index is 358. The van der Waals surface area contributed by atoms with Crippen molar-refractivity contribution in [2.75, 3.05) is 0 Å². The molecule has 1 rings (SSSR count). The van der Waals surface area contributed by atoms with Crippen molar-refractivity contribution in [1.82, 2.24) is 0 Å². The molecule has 0 saturated heterocycles. The number of aliphatic carboxylic acids is 1. The molecular weight excluding hydrogens is 175 g/mol. The topological polar surface area (TPSA) is 57.5 Å². The van der Waals surface area contributed by atoms with E-state index in [9.17, 15) is 9.18 Å². The predicted octanol–water partition coefficient (Wildman–Crippen LogP) is 1.79. The van der Waals surface area contributed by atoms with Crippen molar-refractivity contribution in [1.29, 1.82) is 0 Å². The number of halogens is 1. The minimum absolute atomic E-state index is 0.141. The molecule has 0 bridgehead atoms. The van der Waals surface area contributed by atoms with Gasteiger partial charge in [0.1, 0.15) is 5.75 Å². The fourth-order valence-corrected chi connectivity index (χ4v) is 0.808. The minimum Gasteiger partial charge on any atom is -0.507 e. The van der Waals surface area contributed by atoms with Crippen molar-refractivity contribution in [3.63, 3.8) is 0 Å². The first-order chi connectivity index (χ1) is 6.11. The molecule has 1 aromatic carbocycles. The van der Waals surface area contributed by atoms with Crippen LogP contribution in [-0.4, -0.2) is 16.2 Å². The van der Waals surface area contributed by atoms with E-state index in [0.717, 1.165) is 6.08 Å². The van der Waals surface area contributed by atoms with E-state index in [-0.39, 0.29) is 11.3 Å². The molecule has 0 aromatic heterocycles. The summed E-state index contributed by atoms with van der Waals surface area (Å²) >= 11 is 0. The highest BCUT2D eigenvalue weighted by Gasteiger charge is 2.06. The number of aromatic hydroxyl groups is 1. The first-order valence-electron chi connectivity index (χ1n) is 3.50. The average Bonchev–Trinajstić information content (AvgIpc) is 2.08. The Morgan fingerprint density at radius 2 is 2.00 bits per heavy atom. The number of hydrogen-bond acceptors (Lipinski definition) is 2. The van der Waals surface area contributed by atoms with Gasteiger partial charge in [-0.05, 0) is 12.1 Å². The maximum atomic E-state index is 12.5. The molecule has 0 spiro atoms. The molecule has 0 aliphatic rings. The van der Waals surface area contributed by atoms with Gasteiger partial charge in [-0.2, -0.15) is 4.39 Å². The van der Waals surface area contributed by atoms with Crippen molar-refractivity contribution in [3.8, 4) is 5.75 Å². The second-order valence-corrected chi connectivity index (χ2v) is 2.36. The molecule has 3 nitrogen and oxygen atoms in total. The number of carbonyl (C=O) groups is 1. The Balaban J connectivity index is 3.04. The monoisotopic (exact) mass is 182 g/mol. The second-order valence-electron chi connectivity index (χ2n) is 2.36. The van der Waals surface area contributed by atoms with Gasteiger partial charge in [0, 0.05) is 5.56 Å². The van der Waals surface area contributed by atoms with E-state index < -0.39 is 11.8 Å². The molecular formula is C9H7FO3. The number of benzene rings is 1. The van der Waals surface area contributed by atoms with Crippen LogP contribution >= 0.6 is 0 Å². The number of carboxylic acids is 1. The molecule has 0 atom stereocenters. The lowest BCUT2D eigenvalue weighted by atomic mass is 10.2. The van der Waals surface area contributed by atoms with Crippen molar-refractivity contribution >= 4 is 12.0 Å². The molecule has 0 aliphatic carbocycles. The molecule has 68 valence electrons. The van der Waals surface area contributed by atoms with Gasteiger partial charge in [0.15, 0.2) is 0 Å². The molecule has 4 heteroatoms. The molecule has 0 heterocycles. The normalized spacial score (nSPS) is 11.3. The van der Waals surface area contributed by atoms with Crippen LogP contribution in [0, 0.1) is 0 Å². The Morgan fingerprint density at radius 1 is 1.38 bits per heavy atom. The highest BCUT2D eigenvalue weighted by atomic mass is 19.1. The van der Waals surface area contributed by atoms with E-state index in [4.69, 9.17) is 10.2 Å². The molecule has 2 N–H and O–H groups in total. The van der Waals surface area contributed by atoms with Gasteiger partial charge >= 0.3 is 5.97 Å². The molecule has 0 amide bonds. The lowest BCUT2D eigenvalue weighted by Gasteiger charge is -1.96. The summed E-state index contributed by atoms with van der Waals surface area (Å²) in [6, 6.07) is 5.89. The first kappa shape index (κ1) is 9.25. The molecule has 0 radical (unpaired) electrons. The van der Waals surface area contributed by atoms with Gasteiger partial charge in [-0.15, -0.1) is 0 Å². The highest BCUT2D eigenvalue weighted by Crippen LogP contribution is 2.19. The molecule has 0 aliphatic heterocycles. The standard InChI is InChI=1S/C9H7FO3/c10-7(9(12)13)5-6-3-1-2-4-8(6)11/h1-5,11H,(H,12,13)/b7-5-. The third kappa shape index (κ3) is 2.30. The quantitative estimate of drug-likeness (QED) is 0.685. The van der Waals surface area contributed by atoms with Crippen molar-refractivity contribution < 1.29 is 19.4 Å². The van der Waals surface area contributed by atoms with Crippen LogP contribution in [0.15, 0.2) is 30.1 Å². The van der Waals surface area contributed by atoms with Gasteiger partial charge in [-0.3, -0.25) is 0 Å². The number of para-hydroxylation sites is 1. The number of hydrogen-bond donors (Lipinski definition) is 2. The van der Waals surface area contributed by atoms with Crippen LogP contribution in [0.1, 0.15) is 5.56 Å². The van der Waals surface area contributed by atoms with Crippen LogP contribution in [0.5, 0.6) is 5.75 Å². The smallest absolute Gasteiger partial charge is 0.364 e. The zero-order valence-electron chi connectivity index (χ0n) is 6.57. The average molecular weight is 182 g/mol. The number of rotatable bonds is 2. The summed E-state index contributed by atoms with van der Waals surface area (Å²) in [6.45, 7) is 0. The minimum atomic E-state index is -1.65. The number of phenolic OH excluding ortho intramolecular Hbond substituents is 1. The van der Waals surface area contributed by atoms with Crippen molar-refractivity contribution in [2.45, 2.75) is 0 Å². The molecule has 0 saturated carbocycles. The summed E-state index contributed by atoms with van der Waals surface area (Å²) in [4.78, 5) is 10.1. The van der Waals surface area contributed by atoms with E-state index in [2.05, 4.69) is 0 Å². The van der Waals surface area contributed by atoms with Crippen LogP contribution in [0.2, 0.25) is 0 Å². The zero-order chi connectivity index (χ0) is 9.84. The van der Waals surface area contributed by atoms with Crippen LogP contribution in [0.25, 0.3) is 6.08 Å². The van der Waals surface area contributed by atoms with E-state index in [0.29, 0.717) is 0 Å². The maximum Gasteiger partial charge on any atom is 0.364 e. The van der Waals surface area contributed by atoms with Crippen molar-refractivity contribution in [3.05, 3.63) is 35.7 Å². The lowest BCUT2D eigenvalue weighted by molar-refractivity contribution is -0.134. The van der Waals surface area contributed by atoms with E-state index in [1.807, 2.05) is 0 Å². The van der Waals surface area contributed by atoms with Gasteiger partial charge in [0.25, 0.3) is 0 Å². The lowest BCUT2D eigenvalue weighted by Crippen LogP contribution is -1.93. The summed E-state index contributed by atoms with van der Waals surface area (Å²) in [5, 5.41) is 17.3. The summed E-state index contributed by atoms with van der Waals surface area (Å²) in [5.41, 5.74) is 0.141.